The van der Waals surface area contributed by atoms with Gasteiger partial charge in [0.2, 0.25) is 11.9 Å². The minimum atomic E-state index is 0.0668. The van der Waals surface area contributed by atoms with Crippen molar-refractivity contribution in [1.82, 2.24) is 20.3 Å². The fourth-order valence-corrected chi connectivity index (χ4v) is 4.65. The summed E-state index contributed by atoms with van der Waals surface area (Å²) >= 11 is 1.60. The first-order chi connectivity index (χ1) is 13.1. The number of thiazole rings is 1. The summed E-state index contributed by atoms with van der Waals surface area (Å²) < 4.78 is 5.46. The van der Waals surface area contributed by atoms with E-state index in [0.717, 1.165) is 71.7 Å². The van der Waals surface area contributed by atoms with Gasteiger partial charge in [0.1, 0.15) is 0 Å². The number of hydrogen-bond donors (Lipinski definition) is 1. The maximum atomic E-state index is 12.5. The van der Waals surface area contributed by atoms with Crippen molar-refractivity contribution in [1.29, 1.82) is 0 Å². The number of rotatable bonds is 4. The van der Waals surface area contributed by atoms with Gasteiger partial charge >= 0.3 is 0 Å². The maximum Gasteiger partial charge on any atom is 0.225 e. The first-order valence-electron chi connectivity index (χ1n) is 9.48. The van der Waals surface area contributed by atoms with Crippen LogP contribution in [0.3, 0.4) is 0 Å². The van der Waals surface area contributed by atoms with E-state index >= 15 is 0 Å². The molecule has 2 aliphatic rings. The Bertz CT molecular complexity index is 838. The first-order valence-corrected chi connectivity index (χ1v) is 10.3. The summed E-state index contributed by atoms with van der Waals surface area (Å²) in [6, 6.07) is 0.128. The van der Waals surface area contributed by atoms with Crippen LogP contribution < -0.4 is 10.2 Å². The highest BCUT2D eigenvalue weighted by molar-refractivity contribution is 7.11. The molecule has 8 heteroatoms. The van der Waals surface area contributed by atoms with Crippen LogP contribution in [0, 0.1) is 13.8 Å². The number of amides is 1. The van der Waals surface area contributed by atoms with Gasteiger partial charge in [0, 0.05) is 42.2 Å². The number of carbonyl (C=O) groups is 1. The highest BCUT2D eigenvalue weighted by Gasteiger charge is 2.24. The Kier molecular flexibility index (Phi) is 5.36. The van der Waals surface area contributed by atoms with Crippen LogP contribution in [0.15, 0.2) is 6.20 Å². The molecular formula is C19H25N5O2S. The second-order valence-corrected chi connectivity index (χ2v) is 8.50. The Morgan fingerprint density at radius 2 is 2.30 bits per heavy atom. The molecule has 1 amide bonds. The van der Waals surface area contributed by atoms with Gasteiger partial charge in [-0.3, -0.25) is 4.79 Å². The lowest BCUT2D eigenvalue weighted by molar-refractivity contribution is -0.121. The molecule has 0 aliphatic carbocycles. The fraction of sp³-hybridized carbons (Fsp3) is 0.579. The Morgan fingerprint density at radius 1 is 1.41 bits per heavy atom. The lowest BCUT2D eigenvalue weighted by atomic mass is 10.1. The van der Waals surface area contributed by atoms with Gasteiger partial charge in [-0.1, -0.05) is 0 Å². The quantitative estimate of drug-likeness (QED) is 0.864. The summed E-state index contributed by atoms with van der Waals surface area (Å²) in [5.74, 6) is 0.834. The van der Waals surface area contributed by atoms with Crippen molar-refractivity contribution in [2.45, 2.75) is 52.2 Å². The standard InChI is InChI=1S/C19H25N5O2S/c1-12-17(27-13(2)21-12)8-18(25)22-15-4-3-6-24(10-15)19-20-9-14-11-26-7-5-16(14)23-19/h9,15H,3-8,10-11H2,1-2H3,(H,22,25). The summed E-state index contributed by atoms with van der Waals surface area (Å²) in [5, 5.41) is 4.20. The molecule has 1 fully saturated rings. The third-order valence-electron chi connectivity index (χ3n) is 5.07. The Balaban J connectivity index is 1.38. The number of nitrogens with zero attached hydrogens (tertiary/aromatic N) is 4. The summed E-state index contributed by atoms with van der Waals surface area (Å²) in [4.78, 5) is 29.4. The number of aromatic nitrogens is 3. The van der Waals surface area contributed by atoms with E-state index in [2.05, 4.69) is 20.2 Å². The van der Waals surface area contributed by atoms with Gasteiger partial charge in [-0.2, -0.15) is 0 Å². The van der Waals surface area contributed by atoms with Gasteiger partial charge in [-0.25, -0.2) is 15.0 Å². The number of anilines is 1. The number of nitrogens with one attached hydrogen (secondary N) is 1. The Morgan fingerprint density at radius 3 is 3.11 bits per heavy atom. The van der Waals surface area contributed by atoms with Gasteiger partial charge in [-0.15, -0.1) is 11.3 Å². The molecule has 27 heavy (non-hydrogen) atoms. The molecule has 0 radical (unpaired) electrons. The second-order valence-electron chi connectivity index (χ2n) is 7.22. The largest absolute Gasteiger partial charge is 0.376 e. The van der Waals surface area contributed by atoms with Gasteiger partial charge < -0.3 is 15.0 Å². The normalized spacial score (nSPS) is 19.6. The average molecular weight is 388 g/mol. The third-order valence-corrected chi connectivity index (χ3v) is 6.15. The SMILES string of the molecule is Cc1nc(C)c(CC(=O)NC2CCCN(c3ncc4c(n3)CCOC4)C2)s1. The molecule has 4 heterocycles. The van der Waals surface area contributed by atoms with Crippen molar-refractivity contribution in [2.24, 2.45) is 0 Å². The van der Waals surface area contributed by atoms with E-state index in [9.17, 15) is 4.79 Å². The van der Waals surface area contributed by atoms with Gasteiger partial charge in [0.05, 0.1) is 36.0 Å². The number of fused-ring (bicyclic) bond motifs is 1. The van der Waals surface area contributed by atoms with Crippen molar-refractivity contribution < 1.29 is 9.53 Å². The number of ether oxygens (including phenoxy) is 1. The molecule has 0 bridgehead atoms. The Hall–Kier alpha value is -2.06. The smallest absolute Gasteiger partial charge is 0.225 e. The van der Waals surface area contributed by atoms with Crippen molar-refractivity contribution >= 4 is 23.2 Å². The number of carbonyl (C=O) groups excluding carboxylic acids is 1. The summed E-state index contributed by atoms with van der Waals surface area (Å²) in [5.41, 5.74) is 3.14. The summed E-state index contributed by atoms with van der Waals surface area (Å²) in [7, 11) is 0. The molecule has 4 rings (SSSR count). The van der Waals surface area contributed by atoms with E-state index in [0.29, 0.717) is 13.0 Å². The molecule has 1 unspecified atom stereocenters. The molecule has 2 aromatic heterocycles. The zero-order valence-corrected chi connectivity index (χ0v) is 16.6. The van der Waals surface area contributed by atoms with E-state index in [1.165, 1.54) is 0 Å². The molecular weight excluding hydrogens is 362 g/mol. The van der Waals surface area contributed by atoms with Crippen LogP contribution in [0.5, 0.6) is 0 Å². The fourth-order valence-electron chi connectivity index (χ4n) is 3.71. The predicted octanol–water partition coefficient (Wildman–Crippen LogP) is 1.95. The van der Waals surface area contributed by atoms with E-state index in [1.54, 1.807) is 11.3 Å². The van der Waals surface area contributed by atoms with Crippen LogP contribution in [0.4, 0.5) is 5.95 Å². The lowest BCUT2D eigenvalue weighted by Gasteiger charge is -2.33. The first kappa shape index (κ1) is 18.3. The zero-order chi connectivity index (χ0) is 18.8. The highest BCUT2D eigenvalue weighted by atomic mass is 32.1. The topological polar surface area (TPSA) is 80.2 Å². The minimum Gasteiger partial charge on any atom is -0.376 e. The van der Waals surface area contributed by atoms with Crippen molar-refractivity contribution in [2.75, 3.05) is 24.6 Å². The monoisotopic (exact) mass is 387 g/mol. The number of piperidine rings is 1. The van der Waals surface area contributed by atoms with E-state index in [4.69, 9.17) is 9.72 Å². The van der Waals surface area contributed by atoms with E-state index in [-0.39, 0.29) is 11.9 Å². The van der Waals surface area contributed by atoms with Crippen LogP contribution in [-0.4, -0.2) is 46.6 Å². The van der Waals surface area contributed by atoms with Gasteiger partial charge in [-0.05, 0) is 26.7 Å². The number of aryl methyl sites for hydroxylation is 2. The molecule has 0 spiro atoms. The highest BCUT2D eigenvalue weighted by Crippen LogP contribution is 2.21. The minimum absolute atomic E-state index is 0.0668. The lowest BCUT2D eigenvalue weighted by Crippen LogP contribution is -2.48. The summed E-state index contributed by atoms with van der Waals surface area (Å²) in [6.45, 7) is 6.94. The van der Waals surface area contributed by atoms with Crippen molar-refractivity contribution in [3.8, 4) is 0 Å². The molecule has 144 valence electrons. The molecule has 0 saturated carbocycles. The molecule has 1 N–H and O–H groups in total. The molecule has 2 aliphatic heterocycles. The van der Waals surface area contributed by atoms with Crippen molar-refractivity contribution in [3.05, 3.63) is 33.0 Å². The third kappa shape index (κ3) is 4.27. The van der Waals surface area contributed by atoms with E-state index < -0.39 is 0 Å². The molecule has 0 aromatic carbocycles. The van der Waals surface area contributed by atoms with E-state index in [1.807, 2.05) is 20.0 Å². The summed E-state index contributed by atoms with van der Waals surface area (Å²) in [6.07, 6.45) is 5.14. The predicted molar refractivity (Wildman–Crippen MR) is 104 cm³/mol. The second kappa shape index (κ2) is 7.90. The molecule has 2 aromatic rings. The average Bonchev–Trinajstić information content (AvgIpc) is 2.98. The van der Waals surface area contributed by atoms with Crippen LogP contribution >= 0.6 is 11.3 Å². The Labute approximate surface area is 163 Å². The molecule has 7 nitrogen and oxygen atoms in total. The molecule has 1 saturated heterocycles. The van der Waals surface area contributed by atoms with Crippen LogP contribution in [0.2, 0.25) is 0 Å². The van der Waals surface area contributed by atoms with Crippen LogP contribution in [0.1, 0.15) is 39.7 Å². The molecule has 1 atom stereocenters. The van der Waals surface area contributed by atoms with Crippen LogP contribution in [-0.2, 0) is 29.0 Å². The van der Waals surface area contributed by atoms with Crippen molar-refractivity contribution in [3.63, 3.8) is 0 Å². The van der Waals surface area contributed by atoms with Crippen LogP contribution in [0.25, 0.3) is 0 Å². The van der Waals surface area contributed by atoms with Gasteiger partial charge in [0.25, 0.3) is 0 Å². The zero-order valence-electron chi connectivity index (χ0n) is 15.8. The van der Waals surface area contributed by atoms with Gasteiger partial charge in [0.15, 0.2) is 0 Å². The number of hydrogen-bond acceptors (Lipinski definition) is 7. The maximum absolute atomic E-state index is 12.5.